The SMILES string of the molecule is CC/C=C\C/C=C\C/C=C\C/C=C\C/C=C\CC(=O)OC(COC(=O)CCCC)COP(=O)(O)OC1C(O)C(O)C(O)C(O)C1O. The van der Waals surface area contributed by atoms with Gasteiger partial charge in [0.25, 0.3) is 0 Å². The van der Waals surface area contributed by atoms with Crippen molar-refractivity contribution < 1.29 is 63.1 Å². The van der Waals surface area contributed by atoms with Crippen LogP contribution in [-0.4, -0.2) is 98.3 Å². The van der Waals surface area contributed by atoms with E-state index in [1.54, 1.807) is 12.2 Å². The number of phosphoric acid groups is 1. The molecular formula is C32H51O13P. The van der Waals surface area contributed by atoms with Crippen LogP contribution >= 0.6 is 7.82 Å². The highest BCUT2D eigenvalue weighted by Gasteiger charge is 2.51. The standard InChI is InChI=1S/C32H51O13P/c1-3-5-7-8-9-10-11-12-13-14-15-16-17-18-19-21-26(34)44-24(22-42-25(33)20-6-4-2)23-43-46(40,41)45-32-30(38)28(36)27(35)29(37)31(32)39/h5,7,9-10,12-13,15-16,18-19,24,27-32,35-39H,3-4,6,8,11,14,17,20-23H2,1-2H3,(H,40,41)/b7-5-,10-9-,13-12-,16-15-,19-18-. The summed E-state index contributed by atoms with van der Waals surface area (Å²) < 4.78 is 32.6. The Labute approximate surface area is 271 Å². The first-order chi connectivity index (χ1) is 21.9. The minimum atomic E-state index is -5.11. The molecule has 0 aromatic rings. The number of allylic oxidation sites excluding steroid dienone is 9. The van der Waals surface area contributed by atoms with Crippen LogP contribution in [-0.2, 0) is 32.7 Å². The van der Waals surface area contributed by atoms with E-state index < -0.39 is 75.7 Å². The molecule has 0 heterocycles. The van der Waals surface area contributed by atoms with Crippen LogP contribution in [0.1, 0.15) is 71.6 Å². The molecular weight excluding hydrogens is 623 g/mol. The number of phosphoric ester groups is 1. The Bertz CT molecular complexity index is 1050. The minimum Gasteiger partial charge on any atom is -0.462 e. The Morgan fingerprint density at radius 3 is 1.67 bits per heavy atom. The predicted molar refractivity (Wildman–Crippen MR) is 170 cm³/mol. The molecule has 6 atom stereocenters. The first-order valence-corrected chi connectivity index (χ1v) is 17.1. The van der Waals surface area contributed by atoms with E-state index in [1.165, 1.54) is 0 Å². The summed E-state index contributed by atoms with van der Waals surface area (Å²) in [6.45, 7) is 2.72. The number of carbonyl (C=O) groups excluding carboxylic acids is 2. The molecule has 6 N–H and O–H groups in total. The smallest absolute Gasteiger partial charge is 0.462 e. The highest BCUT2D eigenvalue weighted by Crippen LogP contribution is 2.47. The largest absolute Gasteiger partial charge is 0.472 e. The maximum Gasteiger partial charge on any atom is 0.472 e. The van der Waals surface area contributed by atoms with E-state index in [1.807, 2.05) is 19.1 Å². The molecule has 1 saturated carbocycles. The van der Waals surface area contributed by atoms with Gasteiger partial charge in [0.2, 0.25) is 0 Å². The number of aliphatic hydroxyl groups excluding tert-OH is 5. The molecule has 0 bridgehead atoms. The monoisotopic (exact) mass is 674 g/mol. The fraction of sp³-hybridized carbons (Fsp3) is 0.625. The number of aliphatic hydroxyl groups is 5. The van der Waals surface area contributed by atoms with Gasteiger partial charge in [0.05, 0.1) is 13.0 Å². The lowest BCUT2D eigenvalue weighted by molar-refractivity contribution is -0.220. The van der Waals surface area contributed by atoms with E-state index >= 15 is 0 Å². The van der Waals surface area contributed by atoms with Crippen molar-refractivity contribution in [3.8, 4) is 0 Å². The molecule has 0 aliphatic heterocycles. The van der Waals surface area contributed by atoms with Crippen molar-refractivity contribution in [1.82, 2.24) is 0 Å². The maximum absolute atomic E-state index is 12.6. The van der Waals surface area contributed by atoms with E-state index in [0.717, 1.165) is 32.1 Å². The fourth-order valence-corrected chi connectivity index (χ4v) is 5.02. The number of hydrogen-bond acceptors (Lipinski definition) is 12. The predicted octanol–water partition coefficient (Wildman–Crippen LogP) is 3.09. The molecule has 0 saturated heterocycles. The van der Waals surface area contributed by atoms with Gasteiger partial charge in [-0.1, -0.05) is 81.0 Å². The highest BCUT2D eigenvalue weighted by atomic mass is 31.2. The summed E-state index contributed by atoms with van der Waals surface area (Å²) in [4.78, 5) is 34.5. The second-order valence-corrected chi connectivity index (χ2v) is 12.0. The van der Waals surface area contributed by atoms with Crippen LogP contribution in [0.2, 0.25) is 0 Å². The lowest BCUT2D eigenvalue weighted by atomic mass is 9.85. The minimum absolute atomic E-state index is 0.119. The van der Waals surface area contributed by atoms with Crippen LogP contribution in [0.3, 0.4) is 0 Å². The topological polar surface area (TPSA) is 210 Å². The van der Waals surface area contributed by atoms with Gasteiger partial charge in [-0.2, -0.15) is 0 Å². The Hall–Kier alpha value is -2.45. The third-order valence-corrected chi connectivity index (χ3v) is 7.64. The average Bonchev–Trinajstić information content (AvgIpc) is 3.03. The van der Waals surface area contributed by atoms with E-state index in [9.17, 15) is 44.6 Å². The van der Waals surface area contributed by atoms with Gasteiger partial charge in [-0.05, 0) is 38.5 Å². The number of rotatable bonds is 22. The summed E-state index contributed by atoms with van der Waals surface area (Å²) in [5, 5.41) is 49.4. The Kier molecular flexibility index (Phi) is 21.5. The van der Waals surface area contributed by atoms with Crippen molar-refractivity contribution in [2.75, 3.05) is 13.2 Å². The molecule has 262 valence electrons. The van der Waals surface area contributed by atoms with Gasteiger partial charge in [0.15, 0.2) is 6.10 Å². The molecule has 1 rings (SSSR count). The van der Waals surface area contributed by atoms with Crippen molar-refractivity contribution in [2.24, 2.45) is 0 Å². The van der Waals surface area contributed by atoms with Crippen LogP contribution < -0.4 is 0 Å². The molecule has 0 amide bonds. The summed E-state index contributed by atoms with van der Waals surface area (Å²) in [7, 11) is -5.11. The molecule has 46 heavy (non-hydrogen) atoms. The molecule has 1 aliphatic carbocycles. The molecule has 1 fully saturated rings. The van der Waals surface area contributed by atoms with Crippen LogP contribution in [0.25, 0.3) is 0 Å². The van der Waals surface area contributed by atoms with Crippen molar-refractivity contribution in [3.05, 3.63) is 60.8 Å². The number of hydrogen-bond donors (Lipinski definition) is 6. The van der Waals surface area contributed by atoms with E-state index in [0.29, 0.717) is 12.8 Å². The zero-order valence-corrected chi connectivity index (χ0v) is 27.5. The number of unbranched alkanes of at least 4 members (excludes halogenated alkanes) is 1. The van der Waals surface area contributed by atoms with Gasteiger partial charge in [0, 0.05) is 6.42 Å². The van der Waals surface area contributed by atoms with Gasteiger partial charge in [-0.15, -0.1) is 0 Å². The lowest BCUT2D eigenvalue weighted by Crippen LogP contribution is -2.64. The van der Waals surface area contributed by atoms with Crippen molar-refractivity contribution >= 4 is 19.8 Å². The summed E-state index contributed by atoms with van der Waals surface area (Å²) in [6.07, 6.45) is 12.1. The van der Waals surface area contributed by atoms with Crippen molar-refractivity contribution in [2.45, 2.75) is 114 Å². The Morgan fingerprint density at radius 1 is 0.696 bits per heavy atom. The molecule has 0 spiro atoms. The third-order valence-electron chi connectivity index (χ3n) is 6.66. The molecule has 6 unspecified atom stereocenters. The zero-order valence-electron chi connectivity index (χ0n) is 26.6. The first-order valence-electron chi connectivity index (χ1n) is 15.6. The van der Waals surface area contributed by atoms with E-state index in [-0.39, 0.29) is 12.8 Å². The van der Waals surface area contributed by atoms with Crippen molar-refractivity contribution in [3.63, 3.8) is 0 Å². The maximum atomic E-state index is 12.6. The third kappa shape index (κ3) is 17.5. The van der Waals surface area contributed by atoms with Crippen LogP contribution in [0.5, 0.6) is 0 Å². The number of esters is 2. The van der Waals surface area contributed by atoms with Gasteiger partial charge < -0.3 is 39.9 Å². The van der Waals surface area contributed by atoms with Crippen LogP contribution in [0, 0.1) is 0 Å². The fourth-order valence-electron chi connectivity index (χ4n) is 4.04. The first kappa shape index (κ1) is 41.6. The lowest BCUT2D eigenvalue weighted by Gasteiger charge is -2.41. The Balaban J connectivity index is 2.60. The van der Waals surface area contributed by atoms with Crippen LogP contribution in [0.15, 0.2) is 60.8 Å². The number of ether oxygens (including phenoxy) is 2. The Morgan fingerprint density at radius 2 is 1.17 bits per heavy atom. The van der Waals surface area contributed by atoms with Crippen molar-refractivity contribution in [1.29, 1.82) is 0 Å². The van der Waals surface area contributed by atoms with Gasteiger partial charge in [-0.25, -0.2) is 4.57 Å². The summed E-state index contributed by atoms with van der Waals surface area (Å²) in [5.41, 5.74) is 0. The van der Waals surface area contributed by atoms with Gasteiger partial charge in [0.1, 0.15) is 43.2 Å². The quantitative estimate of drug-likeness (QED) is 0.0555. The van der Waals surface area contributed by atoms with Crippen LogP contribution in [0.4, 0.5) is 0 Å². The summed E-state index contributed by atoms with van der Waals surface area (Å²) in [6, 6.07) is 0. The number of carbonyl (C=O) groups is 2. The second-order valence-electron chi connectivity index (χ2n) is 10.6. The normalized spacial score (nSPS) is 26.0. The summed E-state index contributed by atoms with van der Waals surface area (Å²) >= 11 is 0. The van der Waals surface area contributed by atoms with E-state index in [2.05, 4.69) is 43.4 Å². The molecule has 14 heteroatoms. The van der Waals surface area contributed by atoms with E-state index in [4.69, 9.17) is 18.5 Å². The molecule has 0 aromatic heterocycles. The average molecular weight is 675 g/mol. The van der Waals surface area contributed by atoms with Gasteiger partial charge in [-0.3, -0.25) is 18.6 Å². The molecule has 0 aromatic carbocycles. The summed E-state index contributed by atoms with van der Waals surface area (Å²) in [5.74, 6) is -1.30. The highest BCUT2D eigenvalue weighted by molar-refractivity contribution is 7.47. The zero-order chi connectivity index (χ0) is 34.4. The second kappa shape index (κ2) is 23.8. The van der Waals surface area contributed by atoms with Gasteiger partial charge >= 0.3 is 19.8 Å². The molecule has 13 nitrogen and oxygen atoms in total. The molecule has 1 aliphatic rings. The molecule has 0 radical (unpaired) electrons.